The Bertz CT molecular complexity index is 796. The van der Waals surface area contributed by atoms with E-state index in [2.05, 4.69) is 16.0 Å². The lowest BCUT2D eigenvalue weighted by atomic mass is 10.1. The van der Waals surface area contributed by atoms with Crippen molar-refractivity contribution in [2.75, 3.05) is 18.4 Å². The van der Waals surface area contributed by atoms with Crippen LogP contribution in [0.1, 0.15) is 35.8 Å². The minimum Gasteiger partial charge on any atom is -0.352 e. The van der Waals surface area contributed by atoms with Gasteiger partial charge in [-0.15, -0.1) is 0 Å². The molecule has 0 spiro atoms. The van der Waals surface area contributed by atoms with E-state index in [0.29, 0.717) is 27.8 Å². The number of anilines is 1. The van der Waals surface area contributed by atoms with Gasteiger partial charge in [0.25, 0.3) is 5.91 Å². The van der Waals surface area contributed by atoms with Crippen molar-refractivity contribution in [3.05, 3.63) is 63.6 Å². The molecule has 2 rings (SSSR count). The van der Waals surface area contributed by atoms with Gasteiger partial charge in [0.2, 0.25) is 5.91 Å². The van der Waals surface area contributed by atoms with Gasteiger partial charge in [0.15, 0.2) is 0 Å². The maximum Gasteiger partial charge on any atom is 0.251 e. The Morgan fingerprint density at radius 2 is 1.88 bits per heavy atom. The molecule has 0 saturated carbocycles. The van der Waals surface area contributed by atoms with E-state index in [1.807, 2.05) is 19.9 Å². The monoisotopic (exact) mass is 393 g/mol. The van der Waals surface area contributed by atoms with Crippen molar-refractivity contribution in [3.63, 3.8) is 0 Å². The van der Waals surface area contributed by atoms with E-state index in [4.69, 9.17) is 23.2 Å². The van der Waals surface area contributed by atoms with E-state index in [1.54, 1.807) is 36.4 Å². The molecule has 7 heteroatoms. The Labute approximate surface area is 163 Å². The molecule has 2 amide bonds. The van der Waals surface area contributed by atoms with Crippen molar-refractivity contribution < 1.29 is 9.59 Å². The highest BCUT2D eigenvalue weighted by Crippen LogP contribution is 2.25. The van der Waals surface area contributed by atoms with Crippen molar-refractivity contribution in [1.29, 1.82) is 0 Å². The van der Waals surface area contributed by atoms with Crippen LogP contribution < -0.4 is 16.0 Å². The summed E-state index contributed by atoms with van der Waals surface area (Å²) in [4.78, 5) is 24.0. The van der Waals surface area contributed by atoms with E-state index < -0.39 is 0 Å². The van der Waals surface area contributed by atoms with Crippen LogP contribution in [0, 0.1) is 0 Å². The van der Waals surface area contributed by atoms with Gasteiger partial charge >= 0.3 is 0 Å². The standard InChI is InChI=1S/C19H21Cl2N3O2/c1-3-22-19(26)13-5-4-6-15(9-13)24-18(25)11-23-12(2)16-8-7-14(20)10-17(16)21/h4-10,12,23H,3,11H2,1-2H3,(H,22,26)(H,24,25)/t12-/m0/s1. The molecule has 0 radical (unpaired) electrons. The fourth-order valence-electron chi connectivity index (χ4n) is 2.41. The number of benzene rings is 2. The van der Waals surface area contributed by atoms with Gasteiger partial charge in [-0.3, -0.25) is 9.59 Å². The smallest absolute Gasteiger partial charge is 0.251 e. The van der Waals surface area contributed by atoms with Crippen LogP contribution in [0.4, 0.5) is 5.69 Å². The average molecular weight is 394 g/mol. The molecule has 0 aliphatic rings. The predicted molar refractivity (Wildman–Crippen MR) is 106 cm³/mol. The Balaban J connectivity index is 1.92. The van der Waals surface area contributed by atoms with E-state index in [9.17, 15) is 9.59 Å². The highest BCUT2D eigenvalue weighted by Gasteiger charge is 2.12. The van der Waals surface area contributed by atoms with Crippen LogP contribution >= 0.6 is 23.2 Å². The Kier molecular flexibility index (Phi) is 7.45. The molecule has 0 aromatic heterocycles. The molecule has 0 heterocycles. The third kappa shape index (κ3) is 5.73. The molecule has 0 saturated heterocycles. The summed E-state index contributed by atoms with van der Waals surface area (Å²) in [7, 11) is 0. The van der Waals surface area contributed by atoms with Crippen molar-refractivity contribution in [2.24, 2.45) is 0 Å². The zero-order valence-electron chi connectivity index (χ0n) is 14.6. The summed E-state index contributed by atoms with van der Waals surface area (Å²) in [6.45, 7) is 4.41. The lowest BCUT2D eigenvalue weighted by Gasteiger charge is -2.16. The predicted octanol–water partition coefficient (Wildman–Crippen LogP) is 4.03. The zero-order valence-corrected chi connectivity index (χ0v) is 16.1. The van der Waals surface area contributed by atoms with Gasteiger partial charge in [0.1, 0.15) is 0 Å². The first-order valence-corrected chi connectivity index (χ1v) is 9.02. The fraction of sp³-hybridized carbons (Fsp3) is 0.263. The third-order valence-corrected chi connectivity index (χ3v) is 4.31. The molecular weight excluding hydrogens is 373 g/mol. The van der Waals surface area contributed by atoms with E-state index in [-0.39, 0.29) is 24.4 Å². The molecule has 5 nitrogen and oxygen atoms in total. The minimum absolute atomic E-state index is 0.103. The van der Waals surface area contributed by atoms with Crippen LogP contribution in [-0.4, -0.2) is 24.9 Å². The average Bonchev–Trinajstić information content (AvgIpc) is 2.60. The summed E-state index contributed by atoms with van der Waals surface area (Å²) in [5, 5.41) is 9.73. The largest absolute Gasteiger partial charge is 0.352 e. The second-order valence-corrected chi connectivity index (χ2v) is 6.60. The van der Waals surface area contributed by atoms with Gasteiger partial charge in [0, 0.05) is 33.9 Å². The third-order valence-electron chi connectivity index (χ3n) is 3.74. The van der Waals surface area contributed by atoms with Crippen LogP contribution in [0.3, 0.4) is 0 Å². The van der Waals surface area contributed by atoms with Crippen molar-refractivity contribution in [2.45, 2.75) is 19.9 Å². The summed E-state index contributed by atoms with van der Waals surface area (Å²) < 4.78 is 0. The van der Waals surface area contributed by atoms with Crippen LogP contribution in [0.15, 0.2) is 42.5 Å². The maximum atomic E-state index is 12.2. The molecule has 2 aromatic rings. The lowest BCUT2D eigenvalue weighted by molar-refractivity contribution is -0.115. The minimum atomic E-state index is -0.213. The fourth-order valence-corrected chi connectivity index (χ4v) is 2.99. The van der Waals surface area contributed by atoms with Gasteiger partial charge in [-0.2, -0.15) is 0 Å². The number of hydrogen-bond acceptors (Lipinski definition) is 3. The van der Waals surface area contributed by atoms with Gasteiger partial charge < -0.3 is 16.0 Å². The van der Waals surface area contributed by atoms with Crippen molar-refractivity contribution >= 4 is 40.7 Å². The highest BCUT2D eigenvalue weighted by atomic mass is 35.5. The molecular formula is C19H21Cl2N3O2. The normalized spacial score (nSPS) is 11.7. The van der Waals surface area contributed by atoms with Crippen LogP contribution in [0.2, 0.25) is 10.0 Å². The summed E-state index contributed by atoms with van der Waals surface area (Å²) in [6.07, 6.45) is 0. The number of carbonyl (C=O) groups is 2. The molecule has 1 atom stereocenters. The first-order valence-electron chi connectivity index (χ1n) is 8.27. The molecule has 0 fully saturated rings. The van der Waals surface area contributed by atoms with Gasteiger partial charge in [-0.1, -0.05) is 35.3 Å². The summed E-state index contributed by atoms with van der Waals surface area (Å²) in [5.41, 5.74) is 1.93. The molecule has 3 N–H and O–H groups in total. The number of rotatable bonds is 7. The Hall–Kier alpha value is -2.08. The first-order chi connectivity index (χ1) is 12.4. The first kappa shape index (κ1) is 20.2. The van der Waals surface area contributed by atoms with Crippen LogP contribution in [0.25, 0.3) is 0 Å². The topological polar surface area (TPSA) is 70.2 Å². The summed E-state index contributed by atoms with van der Waals surface area (Å²) in [5.74, 6) is -0.386. The Morgan fingerprint density at radius 3 is 2.58 bits per heavy atom. The van der Waals surface area contributed by atoms with E-state index in [0.717, 1.165) is 5.56 Å². The molecule has 0 aliphatic heterocycles. The molecule has 138 valence electrons. The second kappa shape index (κ2) is 9.57. The van der Waals surface area contributed by atoms with Gasteiger partial charge in [-0.25, -0.2) is 0 Å². The maximum absolute atomic E-state index is 12.2. The number of amides is 2. The van der Waals surface area contributed by atoms with Crippen molar-refractivity contribution in [3.8, 4) is 0 Å². The lowest BCUT2D eigenvalue weighted by Crippen LogP contribution is -2.30. The molecule has 2 aromatic carbocycles. The molecule has 26 heavy (non-hydrogen) atoms. The second-order valence-electron chi connectivity index (χ2n) is 5.76. The molecule has 0 unspecified atom stereocenters. The number of halogens is 2. The molecule has 0 bridgehead atoms. The van der Waals surface area contributed by atoms with E-state index >= 15 is 0 Å². The van der Waals surface area contributed by atoms with E-state index in [1.165, 1.54) is 0 Å². The number of carbonyl (C=O) groups excluding carboxylic acids is 2. The zero-order chi connectivity index (χ0) is 19.1. The molecule has 0 aliphatic carbocycles. The Morgan fingerprint density at radius 1 is 1.12 bits per heavy atom. The SMILES string of the molecule is CCNC(=O)c1cccc(NC(=O)CN[C@@H](C)c2ccc(Cl)cc2Cl)c1. The van der Waals surface area contributed by atoms with Crippen molar-refractivity contribution in [1.82, 2.24) is 10.6 Å². The van der Waals surface area contributed by atoms with Crippen LogP contribution in [0.5, 0.6) is 0 Å². The number of hydrogen-bond donors (Lipinski definition) is 3. The number of nitrogens with one attached hydrogen (secondary N) is 3. The summed E-state index contributed by atoms with van der Waals surface area (Å²) in [6, 6.07) is 11.9. The summed E-state index contributed by atoms with van der Waals surface area (Å²) >= 11 is 12.1. The highest BCUT2D eigenvalue weighted by molar-refractivity contribution is 6.35. The van der Waals surface area contributed by atoms with Gasteiger partial charge in [-0.05, 0) is 49.7 Å². The van der Waals surface area contributed by atoms with Gasteiger partial charge in [0.05, 0.1) is 6.54 Å². The quantitative estimate of drug-likeness (QED) is 0.664. The van der Waals surface area contributed by atoms with Crippen LogP contribution in [-0.2, 0) is 4.79 Å².